The average Bonchev–Trinajstić information content (AvgIpc) is 2.86. The molecule has 0 radical (unpaired) electrons. The van der Waals surface area contributed by atoms with Gasteiger partial charge in [0.05, 0.1) is 21.6 Å². The second-order valence-electron chi connectivity index (χ2n) is 4.84. The third-order valence-corrected chi connectivity index (χ3v) is 4.67. The molecular formula is C16H15ClN2S. The molecule has 1 atom stereocenters. The van der Waals surface area contributed by atoms with Crippen molar-refractivity contribution in [2.75, 3.05) is 5.32 Å². The van der Waals surface area contributed by atoms with Crippen LogP contribution in [0, 0.1) is 6.92 Å². The number of para-hydroxylation sites is 1. The van der Waals surface area contributed by atoms with E-state index in [0.717, 1.165) is 26.6 Å². The zero-order valence-electron chi connectivity index (χ0n) is 11.4. The number of benzene rings is 1. The Morgan fingerprint density at radius 3 is 2.75 bits per heavy atom. The van der Waals surface area contributed by atoms with Crippen molar-refractivity contribution in [1.82, 2.24) is 4.98 Å². The normalized spacial score (nSPS) is 12.6. The van der Waals surface area contributed by atoms with Crippen LogP contribution in [0.1, 0.15) is 23.5 Å². The lowest BCUT2D eigenvalue weighted by Crippen LogP contribution is -2.05. The third-order valence-electron chi connectivity index (χ3n) is 3.25. The van der Waals surface area contributed by atoms with E-state index in [-0.39, 0.29) is 6.04 Å². The van der Waals surface area contributed by atoms with Crippen LogP contribution >= 0.6 is 22.9 Å². The number of rotatable bonds is 3. The Hall–Kier alpha value is -1.58. The maximum Gasteiger partial charge on any atom is 0.0936 e. The number of nitrogens with one attached hydrogen (secondary N) is 1. The zero-order valence-corrected chi connectivity index (χ0v) is 12.9. The summed E-state index contributed by atoms with van der Waals surface area (Å²) < 4.78 is 0.820. The predicted molar refractivity (Wildman–Crippen MR) is 87.8 cm³/mol. The molecule has 20 heavy (non-hydrogen) atoms. The van der Waals surface area contributed by atoms with Crippen molar-refractivity contribution in [3.05, 3.63) is 57.4 Å². The van der Waals surface area contributed by atoms with Gasteiger partial charge in [-0.2, -0.15) is 0 Å². The van der Waals surface area contributed by atoms with Gasteiger partial charge in [0, 0.05) is 16.0 Å². The fourth-order valence-corrected chi connectivity index (χ4v) is 3.29. The number of hydrogen-bond donors (Lipinski definition) is 1. The number of nitrogens with zero attached hydrogens (tertiary/aromatic N) is 1. The SMILES string of the molecule is Cc1ccc2cccc(NC(C)c3ccc(Cl)s3)c2n1. The lowest BCUT2D eigenvalue weighted by Gasteiger charge is -2.15. The van der Waals surface area contributed by atoms with E-state index in [9.17, 15) is 0 Å². The van der Waals surface area contributed by atoms with Gasteiger partial charge < -0.3 is 5.32 Å². The number of fused-ring (bicyclic) bond motifs is 1. The van der Waals surface area contributed by atoms with Crippen molar-refractivity contribution in [3.63, 3.8) is 0 Å². The van der Waals surface area contributed by atoms with E-state index in [1.54, 1.807) is 11.3 Å². The molecule has 0 aliphatic carbocycles. The molecular weight excluding hydrogens is 288 g/mol. The molecule has 0 aliphatic heterocycles. The number of aromatic nitrogens is 1. The largest absolute Gasteiger partial charge is 0.376 e. The van der Waals surface area contributed by atoms with E-state index in [1.807, 2.05) is 19.1 Å². The maximum atomic E-state index is 6.00. The number of thiophene rings is 1. The standard InChI is InChI=1S/C16H15ClN2S/c1-10-6-7-12-4-3-5-13(16(12)18-10)19-11(2)14-8-9-15(17)20-14/h3-9,11,19H,1-2H3. The van der Waals surface area contributed by atoms with Crippen molar-refractivity contribution in [1.29, 1.82) is 0 Å². The van der Waals surface area contributed by atoms with Crippen LogP contribution in [-0.4, -0.2) is 4.98 Å². The minimum Gasteiger partial charge on any atom is -0.376 e. The van der Waals surface area contributed by atoms with Crippen LogP contribution in [0.2, 0.25) is 4.34 Å². The summed E-state index contributed by atoms with van der Waals surface area (Å²) in [4.78, 5) is 5.86. The number of hydrogen-bond acceptors (Lipinski definition) is 3. The Kier molecular flexibility index (Phi) is 3.64. The van der Waals surface area contributed by atoms with Crippen LogP contribution in [0.25, 0.3) is 10.9 Å². The van der Waals surface area contributed by atoms with Crippen molar-refractivity contribution in [3.8, 4) is 0 Å². The van der Waals surface area contributed by atoms with E-state index in [2.05, 4.69) is 47.6 Å². The Bertz CT molecular complexity index is 751. The lowest BCUT2D eigenvalue weighted by atomic mass is 10.1. The van der Waals surface area contributed by atoms with Gasteiger partial charge in [0.1, 0.15) is 0 Å². The first-order valence-electron chi connectivity index (χ1n) is 6.51. The zero-order chi connectivity index (χ0) is 14.1. The predicted octanol–water partition coefficient (Wildman–Crippen LogP) is 5.43. The van der Waals surface area contributed by atoms with E-state index in [1.165, 1.54) is 4.88 Å². The van der Waals surface area contributed by atoms with Crippen LogP contribution < -0.4 is 5.32 Å². The van der Waals surface area contributed by atoms with Gasteiger partial charge in [0.25, 0.3) is 0 Å². The molecule has 1 aromatic carbocycles. The monoisotopic (exact) mass is 302 g/mol. The summed E-state index contributed by atoms with van der Waals surface area (Å²) in [5.74, 6) is 0. The number of anilines is 1. The molecule has 0 spiro atoms. The minimum atomic E-state index is 0.209. The molecule has 1 N–H and O–H groups in total. The second kappa shape index (κ2) is 5.43. The van der Waals surface area contributed by atoms with Gasteiger partial charge >= 0.3 is 0 Å². The van der Waals surface area contributed by atoms with Crippen molar-refractivity contribution in [2.24, 2.45) is 0 Å². The van der Waals surface area contributed by atoms with Gasteiger partial charge in [0.15, 0.2) is 0 Å². The lowest BCUT2D eigenvalue weighted by molar-refractivity contribution is 0.909. The molecule has 1 unspecified atom stereocenters. The highest BCUT2D eigenvalue weighted by atomic mass is 35.5. The third kappa shape index (κ3) is 2.65. The minimum absolute atomic E-state index is 0.209. The molecule has 0 saturated heterocycles. The smallest absolute Gasteiger partial charge is 0.0936 e. The number of pyridine rings is 1. The molecule has 2 heterocycles. The molecule has 0 aliphatic rings. The fraction of sp³-hybridized carbons (Fsp3) is 0.188. The molecule has 4 heteroatoms. The summed E-state index contributed by atoms with van der Waals surface area (Å²) in [6.07, 6.45) is 0. The highest BCUT2D eigenvalue weighted by Gasteiger charge is 2.10. The number of aryl methyl sites for hydroxylation is 1. The Morgan fingerprint density at radius 2 is 2.00 bits per heavy atom. The van der Waals surface area contributed by atoms with Crippen LogP contribution in [0.5, 0.6) is 0 Å². The first kappa shape index (κ1) is 13.4. The van der Waals surface area contributed by atoms with Crippen molar-refractivity contribution >= 4 is 39.5 Å². The summed E-state index contributed by atoms with van der Waals surface area (Å²) in [6.45, 7) is 4.15. The van der Waals surface area contributed by atoms with Crippen LogP contribution in [0.15, 0.2) is 42.5 Å². The van der Waals surface area contributed by atoms with E-state index >= 15 is 0 Å². The van der Waals surface area contributed by atoms with Crippen LogP contribution in [-0.2, 0) is 0 Å². The number of halogens is 1. The van der Waals surface area contributed by atoms with Gasteiger partial charge in [-0.05, 0) is 38.1 Å². The molecule has 0 saturated carbocycles. The average molecular weight is 303 g/mol. The molecule has 102 valence electrons. The fourth-order valence-electron chi connectivity index (χ4n) is 2.23. The van der Waals surface area contributed by atoms with Gasteiger partial charge in [-0.3, -0.25) is 4.98 Å². The summed E-state index contributed by atoms with van der Waals surface area (Å²) >= 11 is 7.61. The van der Waals surface area contributed by atoms with Crippen LogP contribution in [0.3, 0.4) is 0 Å². The van der Waals surface area contributed by atoms with E-state index < -0.39 is 0 Å². The second-order valence-corrected chi connectivity index (χ2v) is 6.58. The molecule has 0 bridgehead atoms. The topological polar surface area (TPSA) is 24.9 Å². The Labute approximate surface area is 127 Å². The summed E-state index contributed by atoms with van der Waals surface area (Å²) in [6, 6.07) is 14.6. The summed E-state index contributed by atoms with van der Waals surface area (Å²) in [5.41, 5.74) is 3.10. The molecule has 0 fully saturated rings. The highest BCUT2D eigenvalue weighted by Crippen LogP contribution is 2.31. The summed E-state index contributed by atoms with van der Waals surface area (Å²) in [7, 11) is 0. The van der Waals surface area contributed by atoms with Gasteiger partial charge in [0.2, 0.25) is 0 Å². The maximum absolute atomic E-state index is 6.00. The first-order chi connectivity index (χ1) is 9.63. The van der Waals surface area contributed by atoms with Gasteiger partial charge in [-0.1, -0.05) is 29.8 Å². The summed E-state index contributed by atoms with van der Waals surface area (Å²) in [5, 5.41) is 4.68. The quantitative estimate of drug-likeness (QED) is 0.697. The Morgan fingerprint density at radius 1 is 1.15 bits per heavy atom. The van der Waals surface area contributed by atoms with E-state index in [0.29, 0.717) is 0 Å². The van der Waals surface area contributed by atoms with Crippen molar-refractivity contribution in [2.45, 2.75) is 19.9 Å². The van der Waals surface area contributed by atoms with Crippen LogP contribution in [0.4, 0.5) is 5.69 Å². The van der Waals surface area contributed by atoms with E-state index in [4.69, 9.17) is 11.6 Å². The highest BCUT2D eigenvalue weighted by molar-refractivity contribution is 7.16. The van der Waals surface area contributed by atoms with Gasteiger partial charge in [-0.15, -0.1) is 11.3 Å². The van der Waals surface area contributed by atoms with Crippen molar-refractivity contribution < 1.29 is 0 Å². The molecule has 2 aromatic heterocycles. The molecule has 0 amide bonds. The molecule has 3 rings (SSSR count). The van der Waals surface area contributed by atoms with Gasteiger partial charge in [-0.25, -0.2) is 0 Å². The molecule has 2 nitrogen and oxygen atoms in total. The molecule has 3 aromatic rings. The first-order valence-corrected chi connectivity index (χ1v) is 7.71. The Balaban J connectivity index is 1.96.